The van der Waals surface area contributed by atoms with Crippen LogP contribution in [-0.4, -0.2) is 0 Å². The van der Waals surface area contributed by atoms with Crippen molar-refractivity contribution in [1.82, 2.24) is 0 Å². The van der Waals surface area contributed by atoms with E-state index in [0.29, 0.717) is 0 Å². The number of hydrogen-bond acceptors (Lipinski definition) is 1. The molecule has 1 heterocycles. The highest BCUT2D eigenvalue weighted by molar-refractivity contribution is 6.14. The van der Waals surface area contributed by atoms with Gasteiger partial charge in [0.05, 0.1) is 11.4 Å². The van der Waals surface area contributed by atoms with Crippen molar-refractivity contribution in [2.75, 3.05) is 4.90 Å². The Hall–Kier alpha value is -5.40. The molecule has 0 saturated carbocycles. The fourth-order valence-corrected chi connectivity index (χ4v) is 7.21. The molecule has 0 fully saturated rings. The van der Waals surface area contributed by atoms with Crippen LogP contribution in [0.5, 0.6) is 0 Å². The number of benzene rings is 7. The monoisotopic (exact) mass is 533 g/mol. The number of rotatable bonds is 2. The number of allylic oxidation sites excluding steroid dienone is 1. The van der Waals surface area contributed by atoms with Gasteiger partial charge in [0.25, 0.3) is 0 Å². The van der Waals surface area contributed by atoms with E-state index in [0.717, 1.165) is 6.42 Å². The van der Waals surface area contributed by atoms with Gasteiger partial charge < -0.3 is 4.90 Å². The van der Waals surface area contributed by atoms with Crippen molar-refractivity contribution in [2.45, 2.75) is 6.42 Å². The van der Waals surface area contributed by atoms with Crippen molar-refractivity contribution >= 4 is 49.8 Å². The van der Waals surface area contributed by atoms with Crippen LogP contribution in [-0.2, 0) is 6.42 Å². The van der Waals surface area contributed by atoms with Crippen molar-refractivity contribution in [3.8, 4) is 11.1 Å². The highest BCUT2D eigenvalue weighted by Crippen LogP contribution is 2.53. The molecule has 0 spiro atoms. The molecule has 196 valence electrons. The van der Waals surface area contributed by atoms with E-state index in [-0.39, 0.29) is 0 Å². The minimum atomic E-state index is 0.952. The van der Waals surface area contributed by atoms with Gasteiger partial charge in [-0.1, -0.05) is 121 Å². The van der Waals surface area contributed by atoms with E-state index in [1.54, 1.807) is 0 Å². The van der Waals surface area contributed by atoms with Gasteiger partial charge in [0.2, 0.25) is 0 Å². The molecule has 1 aliphatic carbocycles. The van der Waals surface area contributed by atoms with Gasteiger partial charge >= 0.3 is 0 Å². The summed E-state index contributed by atoms with van der Waals surface area (Å²) in [6.45, 7) is 0. The van der Waals surface area contributed by atoms with E-state index in [1.807, 2.05) is 0 Å². The molecule has 0 aromatic heterocycles. The Morgan fingerprint density at radius 2 is 1.07 bits per heavy atom. The number of hydrogen-bond donors (Lipinski definition) is 0. The fourth-order valence-electron chi connectivity index (χ4n) is 7.21. The molecule has 9 rings (SSSR count). The summed E-state index contributed by atoms with van der Waals surface area (Å²) >= 11 is 0. The van der Waals surface area contributed by atoms with Gasteiger partial charge in [-0.15, -0.1) is 0 Å². The van der Waals surface area contributed by atoms with Gasteiger partial charge in [0.1, 0.15) is 0 Å². The lowest BCUT2D eigenvalue weighted by Gasteiger charge is -2.28. The summed E-state index contributed by atoms with van der Waals surface area (Å²) in [7, 11) is 0. The molecule has 1 nitrogen and oxygen atoms in total. The fraction of sp³-hybridized carbons (Fsp3) is 0.0244. The van der Waals surface area contributed by atoms with E-state index in [9.17, 15) is 0 Å². The van der Waals surface area contributed by atoms with Crippen LogP contribution >= 0.6 is 0 Å². The Morgan fingerprint density at radius 1 is 0.429 bits per heavy atom. The van der Waals surface area contributed by atoms with E-state index in [4.69, 9.17) is 0 Å². The first kappa shape index (κ1) is 23.3. The summed E-state index contributed by atoms with van der Waals surface area (Å²) in [5.74, 6) is 0. The topological polar surface area (TPSA) is 3.24 Å². The molecule has 0 N–H and O–H groups in total. The Kier molecular flexibility index (Phi) is 5.03. The second kappa shape index (κ2) is 9.06. The third-order valence-corrected chi connectivity index (χ3v) is 9.02. The van der Waals surface area contributed by atoms with Gasteiger partial charge in [-0.05, 0) is 91.7 Å². The average molecular weight is 534 g/mol. The Bertz CT molecular complexity index is 2230. The smallest absolute Gasteiger partial charge is 0.0540 e. The van der Waals surface area contributed by atoms with Crippen LogP contribution in [0.2, 0.25) is 0 Å². The van der Waals surface area contributed by atoms with Crippen LogP contribution < -0.4 is 4.90 Å². The van der Waals surface area contributed by atoms with E-state index in [2.05, 4.69) is 157 Å². The molecule has 0 saturated heterocycles. The molecule has 0 radical (unpaired) electrons. The zero-order valence-corrected chi connectivity index (χ0v) is 23.1. The standard InChI is InChI=1S/C41H27N/c1-3-16-31-28(12-1)25-37(34-19-6-5-18-33(31)34)27-14-11-15-30(24-27)42-39-22-9-7-20-35(39)38-26-29-13-2-4-17-32(29)41(38)36-21-8-10-23-40(36)42/h1-25H,26H2. The maximum atomic E-state index is 2.47. The maximum absolute atomic E-state index is 2.47. The quantitative estimate of drug-likeness (QED) is 0.200. The van der Waals surface area contributed by atoms with Crippen molar-refractivity contribution < 1.29 is 0 Å². The van der Waals surface area contributed by atoms with E-state index >= 15 is 0 Å². The predicted octanol–water partition coefficient (Wildman–Crippen LogP) is 11.0. The lowest BCUT2D eigenvalue weighted by Crippen LogP contribution is -2.12. The Morgan fingerprint density at radius 3 is 1.93 bits per heavy atom. The summed E-state index contributed by atoms with van der Waals surface area (Å²) in [6, 6.07) is 55.7. The SMILES string of the molecule is c1cc(-c2cc3ccccc3c3ccccc23)cc(N2c3ccccc3C3=C(c4ccccc4C3)c3ccccc32)c1. The molecule has 42 heavy (non-hydrogen) atoms. The summed E-state index contributed by atoms with van der Waals surface area (Å²) in [6.07, 6.45) is 0.952. The van der Waals surface area contributed by atoms with E-state index < -0.39 is 0 Å². The molecule has 1 aliphatic heterocycles. The number of anilines is 3. The second-order valence-electron chi connectivity index (χ2n) is 11.3. The summed E-state index contributed by atoms with van der Waals surface area (Å²) in [5.41, 5.74) is 14.2. The van der Waals surface area contributed by atoms with Crippen LogP contribution in [0.15, 0.2) is 152 Å². The predicted molar refractivity (Wildman–Crippen MR) is 178 cm³/mol. The number of para-hydroxylation sites is 2. The average Bonchev–Trinajstić information content (AvgIpc) is 3.39. The molecule has 0 atom stereocenters. The van der Waals surface area contributed by atoms with Crippen LogP contribution in [0.25, 0.3) is 43.8 Å². The summed E-state index contributed by atoms with van der Waals surface area (Å²) in [4.78, 5) is 2.47. The van der Waals surface area contributed by atoms with Crippen molar-refractivity contribution in [3.63, 3.8) is 0 Å². The maximum Gasteiger partial charge on any atom is 0.0540 e. The highest BCUT2D eigenvalue weighted by Gasteiger charge is 2.32. The largest absolute Gasteiger partial charge is 0.309 e. The second-order valence-corrected chi connectivity index (χ2v) is 11.3. The van der Waals surface area contributed by atoms with Gasteiger partial charge in [-0.3, -0.25) is 0 Å². The number of nitrogens with zero attached hydrogens (tertiary/aromatic N) is 1. The minimum absolute atomic E-state index is 0.952. The van der Waals surface area contributed by atoms with Crippen molar-refractivity contribution in [2.24, 2.45) is 0 Å². The number of fused-ring (bicyclic) bond motifs is 9. The lowest BCUT2D eigenvalue weighted by molar-refractivity contribution is 1.25. The Labute approximate surface area is 245 Å². The molecule has 0 amide bonds. The van der Waals surface area contributed by atoms with Crippen molar-refractivity contribution in [1.29, 1.82) is 0 Å². The minimum Gasteiger partial charge on any atom is -0.309 e. The first-order chi connectivity index (χ1) is 20.8. The molecular formula is C41H27N. The van der Waals surface area contributed by atoms with Crippen LogP contribution in [0.3, 0.4) is 0 Å². The summed E-state index contributed by atoms with van der Waals surface area (Å²) < 4.78 is 0. The van der Waals surface area contributed by atoms with Gasteiger partial charge in [0, 0.05) is 16.8 Å². The van der Waals surface area contributed by atoms with E-state index in [1.165, 1.54) is 83.1 Å². The van der Waals surface area contributed by atoms with Gasteiger partial charge in [-0.25, -0.2) is 0 Å². The van der Waals surface area contributed by atoms with Crippen LogP contribution in [0.4, 0.5) is 17.1 Å². The molecule has 7 aromatic carbocycles. The first-order valence-corrected chi connectivity index (χ1v) is 14.7. The molecule has 1 heteroatoms. The van der Waals surface area contributed by atoms with Crippen LogP contribution in [0.1, 0.15) is 22.3 Å². The lowest BCUT2D eigenvalue weighted by atomic mass is 9.93. The van der Waals surface area contributed by atoms with Crippen molar-refractivity contribution in [3.05, 3.63) is 174 Å². The molecule has 7 aromatic rings. The molecule has 0 bridgehead atoms. The highest BCUT2D eigenvalue weighted by atomic mass is 15.1. The van der Waals surface area contributed by atoms with Gasteiger partial charge in [0.15, 0.2) is 0 Å². The molecule has 0 unspecified atom stereocenters. The molecular weight excluding hydrogens is 506 g/mol. The van der Waals surface area contributed by atoms with Gasteiger partial charge in [-0.2, -0.15) is 0 Å². The Balaban J connectivity index is 1.29. The third-order valence-electron chi connectivity index (χ3n) is 9.02. The molecule has 2 aliphatic rings. The van der Waals surface area contributed by atoms with Crippen LogP contribution in [0, 0.1) is 0 Å². The third kappa shape index (κ3) is 3.37. The zero-order chi connectivity index (χ0) is 27.6. The normalized spacial score (nSPS) is 13.5. The zero-order valence-electron chi connectivity index (χ0n) is 23.1. The first-order valence-electron chi connectivity index (χ1n) is 14.7. The summed E-state index contributed by atoms with van der Waals surface area (Å²) in [5, 5.41) is 5.13.